The average Bonchev–Trinajstić information content (AvgIpc) is 3.31. The molecule has 0 spiro atoms. The first-order valence-electron chi connectivity index (χ1n) is 8.23. The Morgan fingerprint density at radius 1 is 1.22 bits per heavy atom. The predicted octanol–water partition coefficient (Wildman–Crippen LogP) is 1.68. The molecule has 3 aliphatic rings. The Labute approximate surface area is 135 Å². The Balaban J connectivity index is 1.37. The van der Waals surface area contributed by atoms with Gasteiger partial charge in [0.2, 0.25) is 5.91 Å². The van der Waals surface area contributed by atoms with Crippen LogP contribution in [0.2, 0.25) is 0 Å². The molecule has 0 N–H and O–H groups in total. The molecule has 4 atom stereocenters. The Morgan fingerprint density at radius 2 is 2.04 bits per heavy atom. The minimum Gasteiger partial charge on any atom is -0.477 e. The molecule has 0 aromatic carbocycles. The molecule has 2 heterocycles. The number of aromatic nitrogens is 2. The molecule has 4 unspecified atom stereocenters. The van der Waals surface area contributed by atoms with Crippen LogP contribution in [0.4, 0.5) is 0 Å². The van der Waals surface area contributed by atoms with Gasteiger partial charge in [0, 0.05) is 31.3 Å². The van der Waals surface area contributed by atoms with E-state index in [4.69, 9.17) is 9.47 Å². The summed E-state index contributed by atoms with van der Waals surface area (Å²) < 4.78 is 11.1. The first kappa shape index (κ1) is 14.5. The summed E-state index contributed by atoms with van der Waals surface area (Å²) in [5.74, 6) is 2.32. The summed E-state index contributed by atoms with van der Waals surface area (Å²) in [6.45, 7) is 1.37. The highest BCUT2D eigenvalue weighted by Crippen LogP contribution is 2.44. The summed E-state index contributed by atoms with van der Waals surface area (Å²) in [6, 6.07) is 0. The smallest absolute Gasteiger partial charge is 0.278 e. The molecule has 0 radical (unpaired) electrons. The standard InChI is InChI=1S/C17H21N3O3/c1-22-15-16(19-6-5-18-15)23-13-4-7-20(10-13)17(21)14-9-11-2-3-12(14)8-11/h2-3,5-6,11-14H,4,7-10H2,1H3. The SMILES string of the molecule is COc1nccnc1OC1CCN(C(=O)C2CC3C=CC2C3)C1. The number of carbonyl (C=O) groups is 1. The van der Waals surface area contributed by atoms with Gasteiger partial charge in [0.05, 0.1) is 13.7 Å². The number of rotatable bonds is 4. The predicted molar refractivity (Wildman–Crippen MR) is 83.0 cm³/mol. The van der Waals surface area contributed by atoms with Crippen LogP contribution in [0.25, 0.3) is 0 Å². The minimum absolute atomic E-state index is 0.0429. The molecular formula is C17H21N3O3. The molecule has 6 nitrogen and oxygen atoms in total. The molecule has 1 saturated carbocycles. The van der Waals surface area contributed by atoms with Crippen LogP contribution >= 0.6 is 0 Å². The van der Waals surface area contributed by atoms with Crippen molar-refractivity contribution in [3.63, 3.8) is 0 Å². The van der Waals surface area contributed by atoms with Crippen molar-refractivity contribution in [3.05, 3.63) is 24.5 Å². The van der Waals surface area contributed by atoms with Crippen LogP contribution in [0.1, 0.15) is 19.3 Å². The lowest BCUT2D eigenvalue weighted by Gasteiger charge is -2.24. The van der Waals surface area contributed by atoms with Crippen molar-refractivity contribution in [3.8, 4) is 11.8 Å². The van der Waals surface area contributed by atoms with E-state index in [0.717, 1.165) is 25.8 Å². The van der Waals surface area contributed by atoms with Gasteiger partial charge in [-0.15, -0.1) is 0 Å². The monoisotopic (exact) mass is 315 g/mol. The molecule has 1 amide bonds. The van der Waals surface area contributed by atoms with Crippen LogP contribution in [0.3, 0.4) is 0 Å². The molecule has 4 rings (SSSR count). The van der Waals surface area contributed by atoms with Gasteiger partial charge in [-0.25, -0.2) is 9.97 Å². The zero-order valence-electron chi connectivity index (χ0n) is 13.2. The van der Waals surface area contributed by atoms with Crippen LogP contribution in [-0.4, -0.2) is 47.1 Å². The normalized spacial score (nSPS) is 31.6. The van der Waals surface area contributed by atoms with Crippen LogP contribution in [-0.2, 0) is 4.79 Å². The topological polar surface area (TPSA) is 64.6 Å². The average molecular weight is 315 g/mol. The molecular weight excluding hydrogens is 294 g/mol. The highest BCUT2D eigenvalue weighted by atomic mass is 16.5. The Morgan fingerprint density at radius 3 is 2.74 bits per heavy atom. The van der Waals surface area contributed by atoms with E-state index < -0.39 is 0 Å². The minimum atomic E-state index is -0.0429. The number of fused-ring (bicyclic) bond motifs is 2. The fraction of sp³-hybridized carbons (Fsp3) is 0.588. The van der Waals surface area contributed by atoms with Crippen molar-refractivity contribution in [2.24, 2.45) is 17.8 Å². The number of amides is 1. The Bertz CT molecular complexity index is 633. The molecule has 1 aliphatic heterocycles. The van der Waals surface area contributed by atoms with E-state index in [-0.39, 0.29) is 12.0 Å². The highest BCUT2D eigenvalue weighted by molar-refractivity contribution is 5.80. The zero-order chi connectivity index (χ0) is 15.8. The number of carbonyl (C=O) groups excluding carboxylic acids is 1. The third kappa shape index (κ3) is 2.66. The molecule has 2 aliphatic carbocycles. The van der Waals surface area contributed by atoms with Crippen molar-refractivity contribution in [1.82, 2.24) is 14.9 Å². The van der Waals surface area contributed by atoms with Crippen LogP contribution in [0.15, 0.2) is 24.5 Å². The second-order valence-electron chi connectivity index (χ2n) is 6.57. The fourth-order valence-electron chi connectivity index (χ4n) is 4.01. The molecule has 23 heavy (non-hydrogen) atoms. The van der Waals surface area contributed by atoms with E-state index in [1.165, 1.54) is 0 Å². The molecule has 1 aromatic heterocycles. The summed E-state index contributed by atoms with van der Waals surface area (Å²) >= 11 is 0. The van der Waals surface area contributed by atoms with Gasteiger partial charge in [-0.05, 0) is 24.7 Å². The number of nitrogens with zero attached hydrogens (tertiary/aromatic N) is 3. The number of likely N-dealkylation sites (tertiary alicyclic amines) is 1. The largest absolute Gasteiger partial charge is 0.477 e. The maximum atomic E-state index is 12.7. The summed E-state index contributed by atoms with van der Waals surface area (Å²) in [5, 5.41) is 0. The Hall–Kier alpha value is -2.11. The number of hydrogen-bond donors (Lipinski definition) is 0. The molecule has 122 valence electrons. The summed E-state index contributed by atoms with van der Waals surface area (Å²) in [4.78, 5) is 22.9. The van der Waals surface area contributed by atoms with E-state index in [1.54, 1.807) is 19.5 Å². The lowest BCUT2D eigenvalue weighted by molar-refractivity contribution is -0.135. The summed E-state index contributed by atoms with van der Waals surface area (Å²) in [7, 11) is 1.55. The van der Waals surface area contributed by atoms with E-state index in [9.17, 15) is 4.79 Å². The van der Waals surface area contributed by atoms with Gasteiger partial charge in [-0.3, -0.25) is 4.79 Å². The third-order valence-corrected chi connectivity index (χ3v) is 5.16. The van der Waals surface area contributed by atoms with Gasteiger partial charge in [0.25, 0.3) is 11.8 Å². The highest BCUT2D eigenvalue weighted by Gasteiger charge is 2.43. The van der Waals surface area contributed by atoms with Gasteiger partial charge < -0.3 is 14.4 Å². The van der Waals surface area contributed by atoms with Crippen molar-refractivity contribution < 1.29 is 14.3 Å². The number of ether oxygens (including phenoxy) is 2. The maximum Gasteiger partial charge on any atom is 0.278 e. The van der Waals surface area contributed by atoms with E-state index in [1.807, 2.05) is 4.90 Å². The van der Waals surface area contributed by atoms with Crippen molar-refractivity contribution in [2.75, 3.05) is 20.2 Å². The molecule has 1 aromatic rings. The van der Waals surface area contributed by atoms with Gasteiger partial charge >= 0.3 is 0 Å². The lowest BCUT2D eigenvalue weighted by atomic mass is 9.92. The van der Waals surface area contributed by atoms with E-state index >= 15 is 0 Å². The quantitative estimate of drug-likeness (QED) is 0.791. The van der Waals surface area contributed by atoms with Gasteiger partial charge in [0.1, 0.15) is 6.10 Å². The third-order valence-electron chi connectivity index (χ3n) is 5.16. The second-order valence-corrected chi connectivity index (χ2v) is 6.57. The van der Waals surface area contributed by atoms with Crippen LogP contribution in [0, 0.1) is 17.8 Å². The summed E-state index contributed by atoms with van der Waals surface area (Å²) in [6.07, 6.45) is 10.6. The first-order chi connectivity index (χ1) is 11.2. The van der Waals surface area contributed by atoms with E-state index in [0.29, 0.717) is 36.0 Å². The number of methoxy groups -OCH3 is 1. The lowest BCUT2D eigenvalue weighted by Crippen LogP contribution is -2.37. The van der Waals surface area contributed by atoms with E-state index in [2.05, 4.69) is 22.1 Å². The maximum absolute atomic E-state index is 12.7. The number of allylic oxidation sites excluding steroid dienone is 2. The molecule has 2 bridgehead atoms. The molecule has 6 heteroatoms. The Kier molecular flexibility index (Phi) is 3.67. The van der Waals surface area contributed by atoms with Gasteiger partial charge in [0.15, 0.2) is 0 Å². The van der Waals surface area contributed by atoms with Crippen LogP contribution in [0.5, 0.6) is 11.8 Å². The van der Waals surface area contributed by atoms with Crippen molar-refractivity contribution >= 4 is 5.91 Å². The van der Waals surface area contributed by atoms with Crippen LogP contribution < -0.4 is 9.47 Å². The van der Waals surface area contributed by atoms with Gasteiger partial charge in [-0.1, -0.05) is 12.2 Å². The number of hydrogen-bond acceptors (Lipinski definition) is 5. The second kappa shape index (κ2) is 5.83. The fourth-order valence-corrected chi connectivity index (χ4v) is 4.01. The van der Waals surface area contributed by atoms with Crippen molar-refractivity contribution in [2.45, 2.75) is 25.4 Å². The van der Waals surface area contributed by atoms with Gasteiger partial charge in [-0.2, -0.15) is 0 Å². The van der Waals surface area contributed by atoms with Crippen molar-refractivity contribution in [1.29, 1.82) is 0 Å². The first-order valence-corrected chi connectivity index (χ1v) is 8.23. The summed E-state index contributed by atoms with van der Waals surface area (Å²) in [5.41, 5.74) is 0. The molecule has 1 saturated heterocycles. The zero-order valence-corrected chi connectivity index (χ0v) is 13.2. The molecule has 2 fully saturated rings.